The zero-order chi connectivity index (χ0) is 14.3. The van der Waals surface area contributed by atoms with E-state index in [0.29, 0.717) is 17.5 Å². The number of hydrogen-bond acceptors (Lipinski definition) is 3. The molecular formula is C15H14N2O3. The molecule has 1 aromatic carbocycles. The number of amides is 1. The number of nitrogens with zero attached hydrogens (tertiary/aromatic N) is 2. The highest BCUT2D eigenvalue weighted by atomic mass is 16.4. The average Bonchev–Trinajstić information content (AvgIpc) is 3.04. The number of rotatable bonds is 2. The minimum atomic E-state index is -0.810. The van der Waals surface area contributed by atoms with Crippen molar-refractivity contribution < 1.29 is 14.7 Å². The first kappa shape index (κ1) is 12.7. The molecule has 1 amide bonds. The number of carbonyl (C=O) groups is 2. The molecule has 102 valence electrons. The van der Waals surface area contributed by atoms with Gasteiger partial charge in [-0.05, 0) is 43.5 Å². The SMILES string of the molecule is N#Cc1ccc(C(=O)N2C3CCC2C(C(=O)O)C3)cc1. The van der Waals surface area contributed by atoms with Crippen LogP contribution in [0.2, 0.25) is 0 Å². The second-order valence-corrected chi connectivity index (χ2v) is 5.38. The summed E-state index contributed by atoms with van der Waals surface area (Å²) in [5.74, 6) is -1.36. The number of carboxylic acid groups (broad SMARTS) is 1. The number of carboxylic acids is 1. The summed E-state index contributed by atoms with van der Waals surface area (Å²) in [4.78, 5) is 25.5. The predicted octanol–water partition coefficient (Wildman–Crippen LogP) is 1.64. The minimum absolute atomic E-state index is 0.0456. The van der Waals surface area contributed by atoms with Gasteiger partial charge in [0.05, 0.1) is 17.6 Å². The van der Waals surface area contributed by atoms with Crippen LogP contribution in [0.25, 0.3) is 0 Å². The summed E-state index contributed by atoms with van der Waals surface area (Å²) in [6.07, 6.45) is 2.21. The molecule has 3 unspecified atom stereocenters. The highest BCUT2D eigenvalue weighted by Gasteiger charge is 2.51. The van der Waals surface area contributed by atoms with E-state index in [1.54, 1.807) is 29.2 Å². The summed E-state index contributed by atoms with van der Waals surface area (Å²) < 4.78 is 0. The molecule has 5 nitrogen and oxygen atoms in total. The molecule has 2 aliphatic rings. The highest BCUT2D eigenvalue weighted by molar-refractivity contribution is 5.95. The third-order valence-corrected chi connectivity index (χ3v) is 4.35. The van der Waals surface area contributed by atoms with Crippen LogP contribution in [-0.2, 0) is 4.79 Å². The van der Waals surface area contributed by atoms with Crippen LogP contribution in [0.15, 0.2) is 24.3 Å². The number of carbonyl (C=O) groups excluding carboxylic acids is 1. The standard InChI is InChI=1S/C15H14N2O3/c16-8-9-1-3-10(4-2-9)14(18)17-11-5-6-13(17)12(7-11)15(19)20/h1-4,11-13H,5-7H2,(H,19,20). The largest absolute Gasteiger partial charge is 0.481 e. The van der Waals surface area contributed by atoms with Crippen molar-refractivity contribution in [1.82, 2.24) is 4.90 Å². The molecule has 0 aromatic heterocycles. The summed E-state index contributed by atoms with van der Waals surface area (Å²) in [6, 6.07) is 8.37. The summed E-state index contributed by atoms with van der Waals surface area (Å²) in [5, 5.41) is 18.0. The van der Waals surface area contributed by atoms with Gasteiger partial charge < -0.3 is 10.0 Å². The lowest BCUT2D eigenvalue weighted by atomic mass is 9.89. The monoisotopic (exact) mass is 270 g/mol. The Morgan fingerprint density at radius 1 is 1.25 bits per heavy atom. The topological polar surface area (TPSA) is 81.4 Å². The lowest BCUT2D eigenvalue weighted by Gasteiger charge is -2.23. The van der Waals surface area contributed by atoms with Gasteiger partial charge in [0.15, 0.2) is 0 Å². The van der Waals surface area contributed by atoms with Crippen molar-refractivity contribution >= 4 is 11.9 Å². The van der Waals surface area contributed by atoms with E-state index in [0.717, 1.165) is 12.8 Å². The van der Waals surface area contributed by atoms with Gasteiger partial charge in [0.2, 0.25) is 0 Å². The summed E-state index contributed by atoms with van der Waals surface area (Å²) in [5.41, 5.74) is 1.03. The van der Waals surface area contributed by atoms with Gasteiger partial charge in [0.25, 0.3) is 5.91 Å². The fourth-order valence-electron chi connectivity index (χ4n) is 3.41. The molecule has 0 spiro atoms. The summed E-state index contributed by atoms with van der Waals surface area (Å²) >= 11 is 0. The van der Waals surface area contributed by atoms with Crippen molar-refractivity contribution in [3.05, 3.63) is 35.4 Å². The predicted molar refractivity (Wildman–Crippen MR) is 69.9 cm³/mol. The minimum Gasteiger partial charge on any atom is -0.481 e. The molecule has 2 aliphatic heterocycles. The lowest BCUT2D eigenvalue weighted by Crippen LogP contribution is -2.37. The van der Waals surface area contributed by atoms with E-state index in [4.69, 9.17) is 5.26 Å². The fraction of sp³-hybridized carbons (Fsp3) is 0.400. The molecule has 2 saturated heterocycles. The molecule has 2 fully saturated rings. The van der Waals surface area contributed by atoms with Crippen molar-refractivity contribution in [3.8, 4) is 6.07 Å². The van der Waals surface area contributed by atoms with Crippen LogP contribution >= 0.6 is 0 Å². The van der Waals surface area contributed by atoms with E-state index in [1.165, 1.54) is 0 Å². The first-order valence-corrected chi connectivity index (χ1v) is 6.67. The fourth-order valence-corrected chi connectivity index (χ4v) is 3.41. The van der Waals surface area contributed by atoms with E-state index in [-0.39, 0.29) is 18.0 Å². The van der Waals surface area contributed by atoms with Crippen LogP contribution in [-0.4, -0.2) is 34.0 Å². The van der Waals surface area contributed by atoms with Gasteiger partial charge in [-0.1, -0.05) is 0 Å². The van der Waals surface area contributed by atoms with Gasteiger partial charge in [0, 0.05) is 17.6 Å². The first-order valence-electron chi connectivity index (χ1n) is 6.67. The van der Waals surface area contributed by atoms with E-state index >= 15 is 0 Å². The Hall–Kier alpha value is -2.35. The molecule has 20 heavy (non-hydrogen) atoms. The van der Waals surface area contributed by atoms with Crippen molar-refractivity contribution in [2.24, 2.45) is 5.92 Å². The second kappa shape index (κ2) is 4.64. The van der Waals surface area contributed by atoms with E-state index in [9.17, 15) is 14.7 Å². The van der Waals surface area contributed by atoms with E-state index in [1.807, 2.05) is 6.07 Å². The van der Waals surface area contributed by atoms with E-state index in [2.05, 4.69) is 0 Å². The zero-order valence-corrected chi connectivity index (χ0v) is 10.8. The van der Waals surface area contributed by atoms with Crippen LogP contribution in [0, 0.1) is 17.2 Å². The molecule has 3 rings (SSSR count). The molecule has 1 N–H and O–H groups in total. The number of nitriles is 1. The smallest absolute Gasteiger partial charge is 0.308 e. The van der Waals surface area contributed by atoms with Crippen LogP contribution in [0.5, 0.6) is 0 Å². The molecule has 3 atom stereocenters. The second-order valence-electron chi connectivity index (χ2n) is 5.38. The Labute approximate surface area is 116 Å². The third-order valence-electron chi connectivity index (χ3n) is 4.35. The Balaban J connectivity index is 1.84. The van der Waals surface area contributed by atoms with Crippen molar-refractivity contribution in [1.29, 1.82) is 5.26 Å². The zero-order valence-electron chi connectivity index (χ0n) is 10.8. The van der Waals surface area contributed by atoms with Gasteiger partial charge in [0.1, 0.15) is 0 Å². The van der Waals surface area contributed by atoms with Crippen LogP contribution in [0.1, 0.15) is 35.2 Å². The Bertz CT molecular complexity index is 603. The maximum absolute atomic E-state index is 12.5. The molecule has 0 saturated carbocycles. The normalized spacial score (nSPS) is 27.4. The number of benzene rings is 1. The van der Waals surface area contributed by atoms with Crippen LogP contribution in [0.3, 0.4) is 0 Å². The average molecular weight is 270 g/mol. The maximum atomic E-state index is 12.5. The first-order chi connectivity index (χ1) is 9.61. The van der Waals surface area contributed by atoms with Crippen molar-refractivity contribution in [3.63, 3.8) is 0 Å². The van der Waals surface area contributed by atoms with Gasteiger partial charge >= 0.3 is 5.97 Å². The molecule has 2 bridgehead atoms. The third kappa shape index (κ3) is 1.85. The van der Waals surface area contributed by atoms with Crippen LogP contribution in [0.4, 0.5) is 0 Å². The quantitative estimate of drug-likeness (QED) is 0.885. The van der Waals surface area contributed by atoms with Gasteiger partial charge in [-0.25, -0.2) is 0 Å². The van der Waals surface area contributed by atoms with Gasteiger partial charge in [-0.3, -0.25) is 9.59 Å². The molecule has 0 radical (unpaired) electrons. The van der Waals surface area contributed by atoms with Crippen molar-refractivity contribution in [2.75, 3.05) is 0 Å². The summed E-state index contributed by atoms with van der Waals surface area (Å²) in [6.45, 7) is 0. The number of aliphatic carboxylic acids is 1. The molecule has 0 aliphatic carbocycles. The highest BCUT2D eigenvalue weighted by Crippen LogP contribution is 2.42. The lowest BCUT2D eigenvalue weighted by molar-refractivity contribution is -0.142. The molecular weight excluding hydrogens is 256 g/mol. The number of hydrogen-bond donors (Lipinski definition) is 1. The molecule has 2 heterocycles. The maximum Gasteiger partial charge on any atom is 0.308 e. The van der Waals surface area contributed by atoms with E-state index < -0.39 is 11.9 Å². The molecule has 5 heteroatoms. The van der Waals surface area contributed by atoms with Gasteiger partial charge in [-0.2, -0.15) is 5.26 Å². The summed E-state index contributed by atoms with van der Waals surface area (Å²) in [7, 11) is 0. The Morgan fingerprint density at radius 3 is 2.50 bits per heavy atom. The van der Waals surface area contributed by atoms with Gasteiger partial charge in [-0.15, -0.1) is 0 Å². The van der Waals surface area contributed by atoms with Crippen LogP contribution < -0.4 is 0 Å². The Kier molecular flexibility index (Phi) is 2.94. The number of fused-ring (bicyclic) bond motifs is 2. The van der Waals surface area contributed by atoms with Crippen molar-refractivity contribution in [2.45, 2.75) is 31.3 Å². The Morgan fingerprint density at radius 2 is 1.95 bits per heavy atom. The molecule has 1 aromatic rings.